The number of pyridine rings is 1. The average molecular weight is 595 g/mol. The summed E-state index contributed by atoms with van der Waals surface area (Å²) >= 11 is 0. The van der Waals surface area contributed by atoms with Crippen molar-refractivity contribution in [3.63, 3.8) is 0 Å². The van der Waals surface area contributed by atoms with Gasteiger partial charge in [0.25, 0.3) is 17.8 Å². The van der Waals surface area contributed by atoms with Gasteiger partial charge < -0.3 is 29.9 Å². The zero-order valence-corrected chi connectivity index (χ0v) is 23.0. The molecular weight excluding hydrogens is 560 g/mol. The SMILES string of the molecule is CC(=O)O.O=C(O)CC(C(=O)O)N1CCOCCN(CC(=O)O)Cc2cc(OCCCN3C(=O)C=CC3=O)cc(n2)C1. The number of imide groups is 1. The Balaban J connectivity index is 0.00000144. The maximum Gasteiger partial charge on any atom is 0.321 e. The fourth-order valence-corrected chi connectivity index (χ4v) is 4.13. The van der Waals surface area contributed by atoms with Crippen molar-refractivity contribution in [2.24, 2.45) is 0 Å². The third-order valence-corrected chi connectivity index (χ3v) is 5.88. The maximum absolute atomic E-state index is 11.9. The number of carbonyl (C=O) groups excluding carboxylic acids is 2. The van der Waals surface area contributed by atoms with Crippen molar-refractivity contribution in [3.8, 4) is 5.75 Å². The molecule has 3 rings (SSSR count). The summed E-state index contributed by atoms with van der Waals surface area (Å²) in [4.78, 5) is 75.7. The van der Waals surface area contributed by atoms with Gasteiger partial charge in [-0.3, -0.25) is 48.5 Å². The molecule has 1 aromatic rings. The molecule has 1 unspecified atom stereocenters. The number of carboxylic acid groups (broad SMARTS) is 4. The molecule has 2 aliphatic heterocycles. The van der Waals surface area contributed by atoms with Crippen molar-refractivity contribution in [2.45, 2.75) is 38.9 Å². The number of rotatable bonds is 11. The van der Waals surface area contributed by atoms with Gasteiger partial charge in [0.2, 0.25) is 0 Å². The van der Waals surface area contributed by atoms with Gasteiger partial charge in [0.1, 0.15) is 11.8 Å². The van der Waals surface area contributed by atoms with E-state index in [0.29, 0.717) is 23.6 Å². The Bertz CT molecular complexity index is 1170. The van der Waals surface area contributed by atoms with Crippen LogP contribution < -0.4 is 4.74 Å². The highest BCUT2D eigenvalue weighted by Gasteiger charge is 2.29. The van der Waals surface area contributed by atoms with Crippen LogP contribution in [0, 0.1) is 0 Å². The van der Waals surface area contributed by atoms with Gasteiger partial charge in [-0.15, -0.1) is 0 Å². The molecule has 42 heavy (non-hydrogen) atoms. The zero-order valence-electron chi connectivity index (χ0n) is 23.0. The van der Waals surface area contributed by atoms with Crippen molar-refractivity contribution in [2.75, 3.05) is 46.0 Å². The first kappa shape index (κ1) is 33.8. The van der Waals surface area contributed by atoms with Gasteiger partial charge >= 0.3 is 17.9 Å². The average Bonchev–Trinajstić information content (AvgIpc) is 3.19. The number of fused-ring (bicyclic) bond motifs is 2. The molecule has 0 fully saturated rings. The van der Waals surface area contributed by atoms with E-state index in [1.807, 2.05) is 0 Å². The number of nitrogens with zero attached hydrogens (tertiary/aromatic N) is 4. The Hall–Kier alpha value is -4.41. The Morgan fingerprint density at radius 1 is 0.952 bits per heavy atom. The molecule has 16 heteroatoms. The molecular formula is C26H34N4O12. The van der Waals surface area contributed by atoms with Gasteiger partial charge in [0.05, 0.1) is 44.2 Å². The molecule has 230 valence electrons. The van der Waals surface area contributed by atoms with Gasteiger partial charge in [-0.25, -0.2) is 0 Å². The lowest BCUT2D eigenvalue weighted by Gasteiger charge is -2.29. The van der Waals surface area contributed by atoms with Crippen molar-refractivity contribution in [1.82, 2.24) is 19.7 Å². The first-order valence-corrected chi connectivity index (χ1v) is 12.9. The Labute approximate surface area is 240 Å². The van der Waals surface area contributed by atoms with Crippen LogP contribution in [0.25, 0.3) is 0 Å². The summed E-state index contributed by atoms with van der Waals surface area (Å²) in [5, 5.41) is 35.6. The van der Waals surface area contributed by atoms with E-state index in [4.69, 9.17) is 19.4 Å². The third kappa shape index (κ3) is 12.0. The number of ether oxygens (including phenoxy) is 2. The highest BCUT2D eigenvalue weighted by atomic mass is 16.5. The highest BCUT2D eigenvalue weighted by molar-refractivity contribution is 6.12. The van der Waals surface area contributed by atoms with E-state index in [-0.39, 0.29) is 70.9 Å². The molecule has 1 aromatic heterocycles. The topological polar surface area (TPSA) is 224 Å². The summed E-state index contributed by atoms with van der Waals surface area (Å²) in [5.41, 5.74) is 0.873. The van der Waals surface area contributed by atoms with Crippen molar-refractivity contribution in [1.29, 1.82) is 0 Å². The molecule has 1 atom stereocenters. The van der Waals surface area contributed by atoms with Crippen LogP contribution in [-0.2, 0) is 46.6 Å². The fraction of sp³-hybridized carbons (Fsp3) is 0.500. The van der Waals surface area contributed by atoms with Crippen molar-refractivity contribution < 1.29 is 58.7 Å². The molecule has 2 amide bonds. The molecule has 2 aliphatic rings. The molecule has 16 nitrogen and oxygen atoms in total. The van der Waals surface area contributed by atoms with Gasteiger partial charge in [0.15, 0.2) is 0 Å². The van der Waals surface area contributed by atoms with E-state index in [1.165, 1.54) is 17.1 Å². The second kappa shape index (κ2) is 16.8. The Morgan fingerprint density at radius 2 is 1.55 bits per heavy atom. The standard InChI is InChI=1S/C24H30N4O10.C2H4O2/c29-20-2-3-21(30)28(20)4-1-7-38-18-10-16-13-26(15-23(33)34)5-8-37-9-6-27(14-17(11-18)25-16)19(24(35)36)12-22(31)32;1-2(3)4/h2-3,10-11,19H,1,4-9,12-15H2,(H,31,32)(H,33,34)(H,35,36);1H3,(H,3,4). The number of aromatic nitrogens is 1. The number of carbonyl (C=O) groups is 6. The van der Waals surface area contributed by atoms with Crippen LogP contribution in [0.15, 0.2) is 24.3 Å². The smallest absolute Gasteiger partial charge is 0.321 e. The molecule has 0 aliphatic carbocycles. The summed E-state index contributed by atoms with van der Waals surface area (Å²) in [5.74, 6) is -4.79. The zero-order chi connectivity index (χ0) is 31.2. The second-order valence-electron chi connectivity index (χ2n) is 9.31. The van der Waals surface area contributed by atoms with E-state index in [2.05, 4.69) is 4.98 Å². The van der Waals surface area contributed by atoms with Gasteiger partial charge in [0, 0.05) is 63.9 Å². The summed E-state index contributed by atoms with van der Waals surface area (Å²) < 4.78 is 11.4. The summed E-state index contributed by atoms with van der Waals surface area (Å²) in [6, 6.07) is 1.91. The maximum atomic E-state index is 11.9. The minimum absolute atomic E-state index is 0.0147. The van der Waals surface area contributed by atoms with Crippen LogP contribution in [0.5, 0.6) is 5.75 Å². The van der Waals surface area contributed by atoms with Crippen LogP contribution in [-0.4, -0.2) is 128 Å². The Kier molecular flexibility index (Phi) is 13.5. The van der Waals surface area contributed by atoms with Crippen molar-refractivity contribution in [3.05, 3.63) is 35.7 Å². The first-order chi connectivity index (χ1) is 19.8. The number of hydrogen-bond donors (Lipinski definition) is 4. The van der Waals surface area contributed by atoms with Crippen molar-refractivity contribution >= 4 is 35.7 Å². The van der Waals surface area contributed by atoms with Crippen LogP contribution in [0.3, 0.4) is 0 Å². The monoisotopic (exact) mass is 594 g/mol. The lowest BCUT2D eigenvalue weighted by atomic mass is 10.1. The quantitative estimate of drug-likeness (QED) is 0.187. The number of amides is 2. The van der Waals surface area contributed by atoms with E-state index in [1.54, 1.807) is 17.0 Å². The van der Waals surface area contributed by atoms with E-state index < -0.39 is 36.3 Å². The normalized spacial score (nSPS) is 16.9. The van der Waals surface area contributed by atoms with E-state index in [0.717, 1.165) is 11.8 Å². The minimum atomic E-state index is -1.32. The summed E-state index contributed by atoms with van der Waals surface area (Å²) in [6.45, 7) is 1.98. The van der Waals surface area contributed by atoms with Gasteiger partial charge in [-0.2, -0.15) is 0 Å². The van der Waals surface area contributed by atoms with Crippen LogP contribution >= 0.6 is 0 Å². The fourth-order valence-electron chi connectivity index (χ4n) is 4.13. The molecule has 0 aromatic carbocycles. The van der Waals surface area contributed by atoms with Crippen LogP contribution in [0.1, 0.15) is 31.2 Å². The van der Waals surface area contributed by atoms with E-state index in [9.17, 15) is 39.3 Å². The lowest BCUT2D eigenvalue weighted by molar-refractivity contribution is -0.150. The predicted octanol–water partition coefficient (Wildman–Crippen LogP) is -0.487. The number of aliphatic carboxylic acids is 4. The molecule has 2 bridgehead atoms. The molecule has 0 saturated carbocycles. The largest absolute Gasteiger partial charge is 0.493 e. The van der Waals surface area contributed by atoms with Crippen LogP contribution in [0.4, 0.5) is 0 Å². The molecule has 0 spiro atoms. The molecule has 3 heterocycles. The van der Waals surface area contributed by atoms with E-state index >= 15 is 0 Å². The minimum Gasteiger partial charge on any atom is -0.493 e. The Morgan fingerprint density at radius 3 is 2.12 bits per heavy atom. The first-order valence-electron chi connectivity index (χ1n) is 12.9. The third-order valence-electron chi connectivity index (χ3n) is 5.88. The van der Waals surface area contributed by atoms with Gasteiger partial charge in [-0.05, 0) is 6.42 Å². The molecule has 4 N–H and O–H groups in total. The number of carboxylic acids is 4. The second-order valence-corrected chi connectivity index (χ2v) is 9.31. The van der Waals surface area contributed by atoms with Crippen LogP contribution in [0.2, 0.25) is 0 Å². The molecule has 0 saturated heterocycles. The van der Waals surface area contributed by atoms with Gasteiger partial charge in [-0.1, -0.05) is 0 Å². The molecule has 0 radical (unpaired) electrons. The summed E-state index contributed by atoms with van der Waals surface area (Å²) in [6.07, 6.45) is 2.15. The highest BCUT2D eigenvalue weighted by Crippen LogP contribution is 2.20. The number of hydrogen-bond acceptors (Lipinski definition) is 11. The lowest BCUT2D eigenvalue weighted by Crippen LogP contribution is -2.44. The predicted molar refractivity (Wildman–Crippen MR) is 141 cm³/mol. The summed E-state index contributed by atoms with van der Waals surface area (Å²) in [7, 11) is 0.